The predicted octanol–water partition coefficient (Wildman–Crippen LogP) is 2.57. The minimum atomic E-state index is 0.209. The Labute approximate surface area is 73.8 Å². The summed E-state index contributed by atoms with van der Waals surface area (Å²) >= 11 is 0. The summed E-state index contributed by atoms with van der Waals surface area (Å²) in [5, 5.41) is 0. The molecule has 1 fully saturated rings. The van der Waals surface area contributed by atoms with Crippen LogP contribution in [0.4, 0.5) is 0 Å². The highest BCUT2D eigenvalue weighted by Gasteiger charge is 2.45. The van der Waals surface area contributed by atoms with E-state index in [1.807, 2.05) is 0 Å². The fourth-order valence-corrected chi connectivity index (χ4v) is 2.39. The van der Waals surface area contributed by atoms with Gasteiger partial charge in [-0.25, -0.2) is 0 Å². The second-order valence-corrected chi connectivity index (χ2v) is 5.02. The molecular weight excluding hydrogens is 148 g/mol. The van der Waals surface area contributed by atoms with Gasteiger partial charge in [0, 0.05) is 12.3 Å². The molecule has 0 bridgehead atoms. The molecule has 0 spiro atoms. The van der Waals surface area contributed by atoms with Gasteiger partial charge in [0.2, 0.25) is 0 Å². The lowest BCUT2D eigenvalue weighted by Gasteiger charge is -2.38. The summed E-state index contributed by atoms with van der Waals surface area (Å²) in [6, 6.07) is 0. The van der Waals surface area contributed by atoms with Gasteiger partial charge in [0.1, 0.15) is 5.78 Å². The first-order valence-electron chi connectivity index (χ1n) is 4.75. The van der Waals surface area contributed by atoms with E-state index in [4.69, 9.17) is 0 Å². The maximum atomic E-state index is 11.5. The van der Waals surface area contributed by atoms with E-state index in [1.165, 1.54) is 5.57 Å². The second-order valence-electron chi connectivity index (χ2n) is 5.02. The monoisotopic (exact) mass is 164 g/mol. The van der Waals surface area contributed by atoms with Crippen molar-refractivity contribution in [2.75, 3.05) is 0 Å². The zero-order valence-corrected chi connectivity index (χ0v) is 8.05. The predicted molar refractivity (Wildman–Crippen MR) is 48.8 cm³/mol. The number of Topliss-reactive ketones (excluding diaryl/α,β-unsaturated/α-hetero) is 1. The van der Waals surface area contributed by atoms with Gasteiger partial charge >= 0.3 is 0 Å². The summed E-state index contributed by atoms with van der Waals surface area (Å²) in [7, 11) is 0. The number of carbonyl (C=O) groups excluding carboxylic acids is 1. The van der Waals surface area contributed by atoms with Crippen LogP contribution in [0.15, 0.2) is 11.6 Å². The molecule has 2 aliphatic carbocycles. The minimum absolute atomic E-state index is 0.209. The molecule has 1 saturated carbocycles. The van der Waals surface area contributed by atoms with Gasteiger partial charge in [-0.3, -0.25) is 4.79 Å². The number of fused-ring (bicyclic) bond motifs is 1. The summed E-state index contributed by atoms with van der Waals surface area (Å²) in [6.07, 6.45) is 4.23. The standard InChI is InChI=1S/C11H16O/c1-11(2,3)8-6-7-4-5-9(12)10(7)8/h6-7,10H,4-5H2,1-3H3/t7-,10-/m0/s1. The summed E-state index contributed by atoms with van der Waals surface area (Å²) in [5.41, 5.74) is 1.59. The molecule has 1 heteroatoms. The molecule has 0 heterocycles. The Morgan fingerprint density at radius 2 is 2.08 bits per heavy atom. The molecule has 2 aliphatic rings. The molecule has 0 aliphatic heterocycles. The SMILES string of the molecule is CC(C)(C)C1=C[C@@H]2CCC(=O)[C@H]12. The maximum absolute atomic E-state index is 11.5. The van der Waals surface area contributed by atoms with E-state index >= 15 is 0 Å². The average molecular weight is 164 g/mol. The van der Waals surface area contributed by atoms with Crippen LogP contribution in [0.3, 0.4) is 0 Å². The molecule has 0 aromatic carbocycles. The number of carbonyl (C=O) groups is 1. The first-order chi connectivity index (χ1) is 5.50. The molecule has 0 amide bonds. The molecule has 0 aromatic rings. The first-order valence-corrected chi connectivity index (χ1v) is 4.75. The molecule has 0 radical (unpaired) electrons. The van der Waals surface area contributed by atoms with Crippen LogP contribution in [0.1, 0.15) is 33.6 Å². The smallest absolute Gasteiger partial charge is 0.140 e. The summed E-state index contributed by atoms with van der Waals surface area (Å²) in [4.78, 5) is 11.5. The number of rotatable bonds is 0. The lowest BCUT2D eigenvalue weighted by Crippen LogP contribution is -2.32. The third-order valence-electron chi connectivity index (χ3n) is 3.09. The topological polar surface area (TPSA) is 17.1 Å². The van der Waals surface area contributed by atoms with Gasteiger partial charge in [-0.15, -0.1) is 0 Å². The third-order valence-corrected chi connectivity index (χ3v) is 3.09. The van der Waals surface area contributed by atoms with Gasteiger partial charge in [-0.1, -0.05) is 32.4 Å². The zero-order valence-electron chi connectivity index (χ0n) is 8.05. The van der Waals surface area contributed by atoms with Crippen LogP contribution >= 0.6 is 0 Å². The van der Waals surface area contributed by atoms with Crippen molar-refractivity contribution in [3.05, 3.63) is 11.6 Å². The molecule has 0 aromatic heterocycles. The Morgan fingerprint density at radius 1 is 1.42 bits per heavy atom. The second kappa shape index (κ2) is 2.21. The van der Waals surface area contributed by atoms with Gasteiger partial charge in [-0.05, 0) is 17.8 Å². The summed E-state index contributed by atoms with van der Waals surface area (Å²) in [5.74, 6) is 1.39. The van der Waals surface area contributed by atoms with Crippen LogP contribution < -0.4 is 0 Å². The van der Waals surface area contributed by atoms with Crippen molar-refractivity contribution in [3.8, 4) is 0 Å². The largest absolute Gasteiger partial charge is 0.299 e. The Balaban J connectivity index is 2.24. The molecule has 12 heavy (non-hydrogen) atoms. The number of ketones is 1. The zero-order chi connectivity index (χ0) is 8.93. The lowest BCUT2D eigenvalue weighted by molar-refractivity contribution is -0.120. The van der Waals surface area contributed by atoms with E-state index in [1.54, 1.807) is 0 Å². The molecule has 0 unspecified atom stereocenters. The highest BCUT2D eigenvalue weighted by Crippen LogP contribution is 2.50. The highest BCUT2D eigenvalue weighted by atomic mass is 16.1. The Bertz CT molecular complexity index is 255. The molecular formula is C11H16O. The van der Waals surface area contributed by atoms with Gasteiger partial charge in [0.25, 0.3) is 0 Å². The molecule has 1 nitrogen and oxygen atoms in total. The van der Waals surface area contributed by atoms with Gasteiger partial charge in [-0.2, -0.15) is 0 Å². The van der Waals surface area contributed by atoms with Crippen molar-refractivity contribution in [2.24, 2.45) is 17.3 Å². The van der Waals surface area contributed by atoms with Crippen LogP contribution in [0.25, 0.3) is 0 Å². The van der Waals surface area contributed by atoms with Crippen LogP contribution in [0, 0.1) is 17.3 Å². The average Bonchev–Trinajstić information content (AvgIpc) is 2.02. The van der Waals surface area contributed by atoms with Crippen molar-refractivity contribution in [2.45, 2.75) is 33.6 Å². The van der Waals surface area contributed by atoms with Crippen LogP contribution in [0.5, 0.6) is 0 Å². The lowest BCUT2D eigenvalue weighted by atomic mass is 9.66. The number of hydrogen-bond donors (Lipinski definition) is 0. The van der Waals surface area contributed by atoms with Crippen molar-refractivity contribution < 1.29 is 4.79 Å². The molecule has 2 atom stereocenters. The quantitative estimate of drug-likeness (QED) is 0.503. The Kier molecular flexibility index (Phi) is 1.48. The normalized spacial score (nSPS) is 34.2. The van der Waals surface area contributed by atoms with Crippen LogP contribution in [0.2, 0.25) is 0 Å². The molecule has 0 saturated heterocycles. The number of hydrogen-bond acceptors (Lipinski definition) is 1. The number of allylic oxidation sites excluding steroid dienone is 2. The summed E-state index contributed by atoms with van der Waals surface area (Å²) < 4.78 is 0. The Morgan fingerprint density at radius 3 is 2.58 bits per heavy atom. The van der Waals surface area contributed by atoms with Crippen molar-refractivity contribution >= 4 is 5.78 Å². The van der Waals surface area contributed by atoms with E-state index in [2.05, 4.69) is 26.8 Å². The van der Waals surface area contributed by atoms with Crippen molar-refractivity contribution in [1.29, 1.82) is 0 Å². The van der Waals surface area contributed by atoms with E-state index in [0.717, 1.165) is 12.8 Å². The van der Waals surface area contributed by atoms with E-state index < -0.39 is 0 Å². The van der Waals surface area contributed by atoms with Gasteiger partial charge in [0.15, 0.2) is 0 Å². The van der Waals surface area contributed by atoms with E-state index in [0.29, 0.717) is 17.6 Å². The van der Waals surface area contributed by atoms with E-state index in [-0.39, 0.29) is 5.41 Å². The van der Waals surface area contributed by atoms with Crippen molar-refractivity contribution in [1.82, 2.24) is 0 Å². The fraction of sp³-hybridized carbons (Fsp3) is 0.727. The molecule has 0 N–H and O–H groups in total. The van der Waals surface area contributed by atoms with E-state index in [9.17, 15) is 4.79 Å². The van der Waals surface area contributed by atoms with Gasteiger partial charge < -0.3 is 0 Å². The van der Waals surface area contributed by atoms with Gasteiger partial charge in [0.05, 0.1) is 0 Å². The highest BCUT2D eigenvalue weighted by molar-refractivity contribution is 5.88. The fourth-order valence-electron chi connectivity index (χ4n) is 2.39. The molecule has 2 rings (SSSR count). The van der Waals surface area contributed by atoms with Crippen molar-refractivity contribution in [3.63, 3.8) is 0 Å². The minimum Gasteiger partial charge on any atom is -0.299 e. The first kappa shape index (κ1) is 8.03. The third kappa shape index (κ3) is 0.954. The van der Waals surface area contributed by atoms with Crippen LogP contribution in [-0.2, 0) is 4.79 Å². The molecule has 66 valence electrons. The summed E-state index contributed by atoms with van der Waals surface area (Å²) in [6.45, 7) is 6.59. The van der Waals surface area contributed by atoms with Crippen LogP contribution in [-0.4, -0.2) is 5.78 Å². The Hall–Kier alpha value is -0.590. The maximum Gasteiger partial charge on any atom is 0.140 e.